The molecule has 0 saturated carbocycles. The van der Waals surface area contributed by atoms with Crippen molar-refractivity contribution >= 4 is 35.0 Å². The minimum atomic E-state index is -0.191. The number of ether oxygens (including phenoxy) is 2. The van der Waals surface area contributed by atoms with E-state index in [9.17, 15) is 4.79 Å². The third-order valence-corrected chi connectivity index (χ3v) is 4.53. The zero-order valence-electron chi connectivity index (χ0n) is 16.0. The maximum atomic E-state index is 12.9. The maximum Gasteiger partial charge on any atom is 0.280 e. The van der Waals surface area contributed by atoms with Crippen LogP contribution in [0.4, 0.5) is 5.69 Å². The minimum Gasteiger partial charge on any atom is -0.493 e. The number of aryl methyl sites for hydroxylation is 1. The highest BCUT2D eigenvalue weighted by molar-refractivity contribution is 6.33. The predicted octanol–water partition coefficient (Wildman–Crippen LogP) is 5.03. The molecule has 0 aliphatic carbocycles. The lowest BCUT2D eigenvalue weighted by Gasteiger charge is -2.13. The molecule has 0 spiro atoms. The predicted molar refractivity (Wildman–Crippen MR) is 113 cm³/mol. The van der Waals surface area contributed by atoms with Gasteiger partial charge in [0.05, 0.1) is 29.1 Å². The number of hydrogen-bond donors (Lipinski definition) is 0. The van der Waals surface area contributed by atoms with Crippen molar-refractivity contribution in [3.05, 3.63) is 70.8 Å². The van der Waals surface area contributed by atoms with Crippen molar-refractivity contribution in [2.24, 2.45) is 5.10 Å². The Hall–Kier alpha value is -3.05. The van der Waals surface area contributed by atoms with E-state index < -0.39 is 0 Å². The summed E-state index contributed by atoms with van der Waals surface area (Å²) in [4.78, 5) is 12.9. The number of anilines is 1. The normalized spacial score (nSPS) is 15.0. The lowest BCUT2D eigenvalue weighted by molar-refractivity contribution is -0.114. The average molecular weight is 397 g/mol. The van der Waals surface area contributed by atoms with Crippen molar-refractivity contribution in [2.75, 3.05) is 18.7 Å². The van der Waals surface area contributed by atoms with Crippen LogP contribution < -0.4 is 14.5 Å². The first-order chi connectivity index (χ1) is 13.4. The highest BCUT2D eigenvalue weighted by atomic mass is 35.5. The van der Waals surface area contributed by atoms with Gasteiger partial charge in [-0.25, -0.2) is 0 Å². The fraction of sp³-hybridized carbons (Fsp3) is 0.182. The Labute approximate surface area is 169 Å². The van der Waals surface area contributed by atoms with Crippen LogP contribution in [0.25, 0.3) is 6.08 Å². The highest BCUT2D eigenvalue weighted by Gasteiger charge is 2.28. The topological polar surface area (TPSA) is 51.1 Å². The number of amides is 1. The van der Waals surface area contributed by atoms with Crippen LogP contribution in [0.1, 0.15) is 18.1 Å². The lowest BCUT2D eigenvalue weighted by atomic mass is 10.1. The zero-order valence-corrected chi connectivity index (χ0v) is 16.8. The van der Waals surface area contributed by atoms with E-state index in [2.05, 4.69) is 11.7 Å². The molecule has 1 heterocycles. The van der Waals surface area contributed by atoms with E-state index in [0.717, 1.165) is 16.8 Å². The number of carbonyl (C=O) groups excluding carboxylic acids is 1. The van der Waals surface area contributed by atoms with E-state index in [-0.39, 0.29) is 5.91 Å². The van der Waals surface area contributed by atoms with Gasteiger partial charge in [-0.15, -0.1) is 0 Å². The molecule has 2 aromatic carbocycles. The molecule has 0 unspecified atom stereocenters. The second-order valence-corrected chi connectivity index (χ2v) is 6.74. The SMILES string of the molecule is C=CCOc1c(Cl)cc(C=C2C(=O)N(c3ccc(C)cc3)N=C2C)cc1OC. The summed E-state index contributed by atoms with van der Waals surface area (Å²) in [5.74, 6) is 0.732. The van der Waals surface area contributed by atoms with Gasteiger partial charge < -0.3 is 9.47 Å². The number of nitrogens with zero attached hydrogens (tertiary/aromatic N) is 2. The van der Waals surface area contributed by atoms with Gasteiger partial charge in [0, 0.05) is 0 Å². The van der Waals surface area contributed by atoms with Crippen molar-refractivity contribution < 1.29 is 14.3 Å². The quantitative estimate of drug-likeness (QED) is 0.508. The van der Waals surface area contributed by atoms with Gasteiger partial charge in [0.2, 0.25) is 0 Å². The van der Waals surface area contributed by atoms with E-state index in [1.165, 1.54) is 12.1 Å². The molecule has 0 radical (unpaired) electrons. The van der Waals surface area contributed by atoms with E-state index in [4.69, 9.17) is 21.1 Å². The molecule has 5 nitrogen and oxygen atoms in total. The molecule has 0 atom stereocenters. The Morgan fingerprint density at radius 2 is 1.93 bits per heavy atom. The average Bonchev–Trinajstić information content (AvgIpc) is 2.95. The Kier molecular flexibility index (Phi) is 5.85. The van der Waals surface area contributed by atoms with Crippen LogP contribution in [0.5, 0.6) is 11.5 Å². The Morgan fingerprint density at radius 1 is 1.21 bits per heavy atom. The van der Waals surface area contributed by atoms with Crippen molar-refractivity contribution in [3.8, 4) is 11.5 Å². The number of hydrogen-bond acceptors (Lipinski definition) is 4. The van der Waals surface area contributed by atoms with Crippen LogP contribution in [-0.2, 0) is 4.79 Å². The molecule has 0 saturated heterocycles. The summed E-state index contributed by atoms with van der Waals surface area (Å²) in [7, 11) is 1.54. The van der Waals surface area contributed by atoms with Gasteiger partial charge in [-0.05, 0) is 49.8 Å². The molecule has 0 aromatic heterocycles. The molecule has 6 heteroatoms. The van der Waals surface area contributed by atoms with Gasteiger partial charge in [0.1, 0.15) is 6.61 Å². The monoisotopic (exact) mass is 396 g/mol. The number of methoxy groups -OCH3 is 1. The number of hydrazone groups is 1. The fourth-order valence-corrected chi connectivity index (χ4v) is 3.09. The van der Waals surface area contributed by atoms with Gasteiger partial charge in [-0.2, -0.15) is 10.1 Å². The second-order valence-electron chi connectivity index (χ2n) is 6.33. The van der Waals surface area contributed by atoms with Crippen LogP contribution in [0.3, 0.4) is 0 Å². The van der Waals surface area contributed by atoms with Gasteiger partial charge >= 0.3 is 0 Å². The largest absolute Gasteiger partial charge is 0.493 e. The van der Waals surface area contributed by atoms with Gasteiger partial charge in [0.25, 0.3) is 5.91 Å². The first kappa shape index (κ1) is 19.7. The van der Waals surface area contributed by atoms with Crippen molar-refractivity contribution in [1.29, 1.82) is 0 Å². The van der Waals surface area contributed by atoms with Crippen LogP contribution in [0.2, 0.25) is 5.02 Å². The van der Waals surface area contributed by atoms with Crippen LogP contribution in [0, 0.1) is 6.92 Å². The van der Waals surface area contributed by atoms with Crippen LogP contribution in [-0.4, -0.2) is 25.3 Å². The Morgan fingerprint density at radius 3 is 2.57 bits per heavy atom. The molecule has 3 rings (SSSR count). The Bertz CT molecular complexity index is 978. The summed E-state index contributed by atoms with van der Waals surface area (Å²) in [5.41, 5.74) is 3.69. The minimum absolute atomic E-state index is 0.191. The summed E-state index contributed by atoms with van der Waals surface area (Å²) in [6.07, 6.45) is 3.38. The van der Waals surface area contributed by atoms with Gasteiger partial charge in [0.15, 0.2) is 11.5 Å². The van der Waals surface area contributed by atoms with Crippen molar-refractivity contribution in [1.82, 2.24) is 0 Å². The molecular weight excluding hydrogens is 376 g/mol. The molecule has 144 valence electrons. The van der Waals surface area contributed by atoms with Crippen molar-refractivity contribution in [2.45, 2.75) is 13.8 Å². The van der Waals surface area contributed by atoms with E-state index in [1.807, 2.05) is 31.2 Å². The van der Waals surface area contributed by atoms with Gasteiger partial charge in [-0.3, -0.25) is 4.79 Å². The lowest BCUT2D eigenvalue weighted by Crippen LogP contribution is -2.21. The molecular formula is C22H21ClN2O3. The van der Waals surface area contributed by atoms with Gasteiger partial charge in [-0.1, -0.05) is 42.0 Å². The molecule has 1 aliphatic heterocycles. The standard InChI is InChI=1S/C22H21ClN2O3/c1-5-10-28-21-19(23)12-16(13-20(21)27-4)11-18-15(3)24-25(22(18)26)17-8-6-14(2)7-9-17/h5-9,11-13H,1,10H2,2-4H3. The molecule has 1 amide bonds. The fourth-order valence-electron chi connectivity index (χ4n) is 2.82. The van der Waals surface area contributed by atoms with E-state index in [1.54, 1.807) is 31.2 Å². The number of carbonyl (C=O) groups is 1. The third-order valence-electron chi connectivity index (χ3n) is 4.25. The smallest absolute Gasteiger partial charge is 0.280 e. The summed E-state index contributed by atoms with van der Waals surface area (Å²) >= 11 is 6.35. The Balaban J connectivity index is 1.94. The molecule has 0 fully saturated rings. The summed E-state index contributed by atoms with van der Waals surface area (Å²) < 4.78 is 11.0. The number of benzene rings is 2. The molecule has 0 N–H and O–H groups in total. The van der Waals surface area contributed by atoms with E-state index in [0.29, 0.717) is 34.4 Å². The zero-order chi connectivity index (χ0) is 20.3. The van der Waals surface area contributed by atoms with Crippen molar-refractivity contribution in [3.63, 3.8) is 0 Å². The maximum absolute atomic E-state index is 12.9. The second kappa shape index (κ2) is 8.31. The highest BCUT2D eigenvalue weighted by Crippen LogP contribution is 2.37. The first-order valence-electron chi connectivity index (χ1n) is 8.74. The molecule has 28 heavy (non-hydrogen) atoms. The molecule has 2 aromatic rings. The first-order valence-corrected chi connectivity index (χ1v) is 9.12. The summed E-state index contributed by atoms with van der Waals surface area (Å²) in [5, 5.41) is 6.20. The van der Waals surface area contributed by atoms with Crippen LogP contribution >= 0.6 is 11.6 Å². The third kappa shape index (κ3) is 3.94. The molecule has 1 aliphatic rings. The van der Waals surface area contributed by atoms with Crippen LogP contribution in [0.15, 0.2) is 59.7 Å². The summed E-state index contributed by atoms with van der Waals surface area (Å²) in [6.45, 7) is 7.74. The number of rotatable bonds is 6. The number of halogens is 1. The van der Waals surface area contributed by atoms with E-state index >= 15 is 0 Å². The molecule has 0 bridgehead atoms. The summed E-state index contributed by atoms with van der Waals surface area (Å²) in [6, 6.07) is 11.1.